The summed E-state index contributed by atoms with van der Waals surface area (Å²) in [6.07, 6.45) is 1.63. The van der Waals surface area contributed by atoms with Crippen molar-refractivity contribution in [2.45, 2.75) is 13.8 Å². The molecule has 1 aromatic heterocycles. The van der Waals surface area contributed by atoms with Crippen LogP contribution in [0.25, 0.3) is 17.3 Å². The first kappa shape index (κ1) is 29.0. The van der Waals surface area contributed by atoms with Gasteiger partial charge in [0.05, 0.1) is 38.2 Å². The zero-order valence-corrected chi connectivity index (χ0v) is 24.1. The van der Waals surface area contributed by atoms with Crippen molar-refractivity contribution in [2.75, 3.05) is 33.3 Å². The summed E-state index contributed by atoms with van der Waals surface area (Å²) in [6, 6.07) is 19.6. The average molecular weight is 572 g/mol. The molecule has 0 saturated carbocycles. The van der Waals surface area contributed by atoms with Crippen molar-refractivity contribution in [1.29, 1.82) is 5.26 Å². The van der Waals surface area contributed by atoms with Gasteiger partial charge in [0.1, 0.15) is 16.5 Å². The number of nitrogens with zero attached hydrogens (tertiary/aromatic N) is 2. The molecule has 1 heterocycles. The van der Waals surface area contributed by atoms with Crippen LogP contribution in [0.5, 0.6) is 23.0 Å². The predicted octanol–water partition coefficient (Wildman–Crippen LogP) is 3.77. The van der Waals surface area contributed by atoms with Crippen molar-refractivity contribution in [2.24, 2.45) is 0 Å². The van der Waals surface area contributed by atoms with Gasteiger partial charge in [-0.25, -0.2) is 0 Å². The predicted molar refractivity (Wildman–Crippen MR) is 159 cm³/mol. The lowest BCUT2D eigenvalue weighted by Crippen LogP contribution is -2.32. The quantitative estimate of drug-likeness (QED) is 0.326. The van der Waals surface area contributed by atoms with Crippen LogP contribution in [0.1, 0.15) is 18.1 Å². The van der Waals surface area contributed by atoms with Crippen LogP contribution in [0, 0.1) is 18.3 Å². The van der Waals surface area contributed by atoms with Crippen LogP contribution in [0.3, 0.4) is 0 Å². The molecule has 1 N–H and O–H groups in total. The number of carbonyl (C=O) groups excluding carboxylic acids is 1. The fourth-order valence-corrected chi connectivity index (χ4v) is 5.33. The largest absolute Gasteiger partial charge is 0.494 e. The van der Waals surface area contributed by atoms with E-state index in [1.807, 2.05) is 32.0 Å². The molecule has 210 valence electrons. The molecule has 0 aliphatic rings. The highest BCUT2D eigenvalue weighted by Crippen LogP contribution is 2.40. The molecule has 4 rings (SSSR count). The maximum absolute atomic E-state index is 13.9. The number of anilines is 1. The molecule has 0 saturated heterocycles. The summed E-state index contributed by atoms with van der Waals surface area (Å²) in [6.45, 7) is 4.26. The van der Waals surface area contributed by atoms with Gasteiger partial charge in [0, 0.05) is 11.3 Å². The summed E-state index contributed by atoms with van der Waals surface area (Å²) < 4.78 is 23.8. The van der Waals surface area contributed by atoms with Crippen LogP contribution in [0.4, 0.5) is 5.69 Å². The summed E-state index contributed by atoms with van der Waals surface area (Å²) in [5, 5.41) is 12.9. The van der Waals surface area contributed by atoms with Gasteiger partial charge in [-0.3, -0.25) is 14.2 Å². The summed E-state index contributed by atoms with van der Waals surface area (Å²) >= 11 is 1.02. The molecule has 41 heavy (non-hydrogen) atoms. The monoisotopic (exact) mass is 571 g/mol. The number of hydrogen-bond donors (Lipinski definition) is 1. The second-order valence-electron chi connectivity index (χ2n) is 8.72. The van der Waals surface area contributed by atoms with Gasteiger partial charge in [-0.05, 0) is 74.0 Å². The van der Waals surface area contributed by atoms with Gasteiger partial charge in [0.15, 0.2) is 17.1 Å². The van der Waals surface area contributed by atoms with Gasteiger partial charge in [0.2, 0.25) is 5.75 Å². The zero-order chi connectivity index (χ0) is 29.5. The molecule has 0 unspecified atom stereocenters. The third kappa shape index (κ3) is 6.10. The van der Waals surface area contributed by atoms with Crippen LogP contribution >= 0.6 is 11.3 Å². The molecular weight excluding hydrogens is 542 g/mol. The van der Waals surface area contributed by atoms with Gasteiger partial charge in [0.25, 0.3) is 11.5 Å². The van der Waals surface area contributed by atoms with E-state index in [1.165, 1.54) is 25.9 Å². The fraction of sp³-hybridized carbons (Fsp3) is 0.194. The SMILES string of the molecule is CCOc1ccc(-n2c(=O)/c(=C/c3ccc(OC)c(OC)c3OC)s/c2=C(/C#N)C(=O)Nc2cccc(C)c2)cc1. The minimum Gasteiger partial charge on any atom is -0.494 e. The standard InChI is InChI=1S/C31H29N3O6S/c1-6-40-23-13-11-22(12-14-23)34-30(36)26(17-20-10-15-25(37-3)28(39-5)27(20)38-4)41-31(34)24(18-32)29(35)33-21-9-7-8-19(2)16-21/h7-17H,6H2,1-5H3,(H,33,35)/b26-17-,31-24-. The van der Waals surface area contributed by atoms with E-state index in [4.69, 9.17) is 18.9 Å². The second kappa shape index (κ2) is 12.9. The highest BCUT2D eigenvalue weighted by atomic mass is 32.1. The molecule has 0 aliphatic heterocycles. The van der Waals surface area contributed by atoms with Gasteiger partial charge < -0.3 is 24.3 Å². The van der Waals surface area contributed by atoms with Crippen molar-refractivity contribution in [1.82, 2.24) is 4.57 Å². The van der Waals surface area contributed by atoms with Crippen LogP contribution in [0.2, 0.25) is 0 Å². The third-order valence-electron chi connectivity index (χ3n) is 6.08. The Kier molecular flexibility index (Phi) is 9.12. The molecule has 0 bridgehead atoms. The Morgan fingerprint density at radius 2 is 1.76 bits per heavy atom. The lowest BCUT2D eigenvalue weighted by atomic mass is 10.1. The van der Waals surface area contributed by atoms with Gasteiger partial charge >= 0.3 is 0 Å². The highest BCUT2D eigenvalue weighted by Gasteiger charge is 2.19. The van der Waals surface area contributed by atoms with Gasteiger partial charge in [-0.1, -0.05) is 12.1 Å². The van der Waals surface area contributed by atoms with E-state index in [-0.39, 0.29) is 14.8 Å². The molecule has 0 radical (unpaired) electrons. The third-order valence-corrected chi connectivity index (χ3v) is 7.17. The van der Waals surface area contributed by atoms with Crippen molar-refractivity contribution < 1.29 is 23.7 Å². The van der Waals surface area contributed by atoms with Crippen LogP contribution < -0.4 is 39.0 Å². The average Bonchev–Trinajstić information content (AvgIpc) is 3.28. The molecular formula is C31H29N3O6S. The Hall–Kier alpha value is -5.01. The highest BCUT2D eigenvalue weighted by molar-refractivity contribution is 7.07. The molecule has 0 spiro atoms. The topological polar surface area (TPSA) is 112 Å². The first-order chi connectivity index (χ1) is 19.8. The van der Waals surface area contributed by atoms with Crippen molar-refractivity contribution in [3.63, 3.8) is 0 Å². The molecule has 10 heteroatoms. The number of hydrogen-bond acceptors (Lipinski definition) is 8. The zero-order valence-electron chi connectivity index (χ0n) is 23.3. The Morgan fingerprint density at radius 3 is 2.37 bits per heavy atom. The first-order valence-corrected chi connectivity index (χ1v) is 13.4. The van der Waals surface area contributed by atoms with E-state index in [0.29, 0.717) is 46.5 Å². The number of rotatable bonds is 9. The number of ether oxygens (including phenoxy) is 4. The number of amides is 1. The number of benzene rings is 3. The van der Waals surface area contributed by atoms with Gasteiger partial charge in [-0.2, -0.15) is 5.26 Å². The number of carbonyl (C=O) groups is 1. The van der Waals surface area contributed by atoms with Crippen LogP contribution in [0.15, 0.2) is 65.5 Å². The number of nitriles is 1. The van der Waals surface area contributed by atoms with E-state index in [9.17, 15) is 14.9 Å². The summed E-state index contributed by atoms with van der Waals surface area (Å²) in [7, 11) is 4.50. The smallest absolute Gasteiger partial charge is 0.273 e. The number of aromatic nitrogens is 1. The molecule has 1 amide bonds. The lowest BCUT2D eigenvalue weighted by Gasteiger charge is -2.13. The van der Waals surface area contributed by atoms with Gasteiger partial charge in [-0.15, -0.1) is 11.3 Å². The van der Waals surface area contributed by atoms with Crippen molar-refractivity contribution >= 4 is 34.6 Å². The molecule has 0 aliphatic carbocycles. The summed E-state index contributed by atoms with van der Waals surface area (Å²) in [4.78, 5) is 27.2. The maximum atomic E-state index is 13.9. The van der Waals surface area contributed by atoms with E-state index in [0.717, 1.165) is 16.9 Å². The van der Waals surface area contributed by atoms with Crippen LogP contribution in [-0.2, 0) is 4.79 Å². The first-order valence-electron chi connectivity index (χ1n) is 12.6. The van der Waals surface area contributed by atoms with Crippen molar-refractivity contribution in [3.05, 3.63) is 91.3 Å². The van der Waals surface area contributed by atoms with E-state index < -0.39 is 11.5 Å². The number of nitrogens with one attached hydrogen (secondary N) is 1. The Bertz CT molecular complexity index is 1800. The van der Waals surface area contributed by atoms with E-state index >= 15 is 0 Å². The van der Waals surface area contributed by atoms with Crippen molar-refractivity contribution in [3.8, 4) is 34.8 Å². The second-order valence-corrected chi connectivity index (χ2v) is 9.75. The summed E-state index contributed by atoms with van der Waals surface area (Å²) in [5.74, 6) is 1.21. The minimum absolute atomic E-state index is 0.178. The number of aryl methyl sites for hydroxylation is 1. The Labute approximate surface area is 241 Å². The normalized spacial score (nSPS) is 11.9. The lowest BCUT2D eigenvalue weighted by molar-refractivity contribution is -0.111. The summed E-state index contributed by atoms with van der Waals surface area (Å²) in [5.41, 5.74) is 1.89. The van der Waals surface area contributed by atoms with E-state index in [1.54, 1.807) is 54.6 Å². The Morgan fingerprint density at radius 1 is 1.02 bits per heavy atom. The molecule has 0 fully saturated rings. The van der Waals surface area contributed by atoms with E-state index in [2.05, 4.69) is 5.32 Å². The Balaban J connectivity index is 1.99. The number of thiazole rings is 1. The fourth-order valence-electron chi connectivity index (χ4n) is 4.23. The molecule has 0 atom stereocenters. The minimum atomic E-state index is -0.630. The molecule has 4 aromatic rings. The maximum Gasteiger partial charge on any atom is 0.273 e. The number of methoxy groups -OCH3 is 3. The molecule has 3 aromatic carbocycles. The molecule has 9 nitrogen and oxygen atoms in total. The van der Waals surface area contributed by atoms with Crippen LogP contribution in [-0.4, -0.2) is 38.4 Å².